The van der Waals surface area contributed by atoms with Gasteiger partial charge in [0.2, 0.25) is 0 Å². The molecule has 3 aromatic heterocycles. The quantitative estimate of drug-likeness (QED) is 0.451. The molecule has 4 aromatic rings. The van der Waals surface area contributed by atoms with Crippen LogP contribution in [0, 0.1) is 12.7 Å². The Morgan fingerprint density at radius 1 is 1.26 bits per heavy atom. The Hall–Kier alpha value is -3.53. The monoisotopic (exact) mass is 482 g/mol. The minimum Gasteiger partial charge on any atom is -0.463 e. The molecule has 1 atom stereocenters. The van der Waals surface area contributed by atoms with E-state index in [2.05, 4.69) is 10.4 Å². The normalized spacial score (nSPS) is 17.3. The molecule has 0 radical (unpaired) electrons. The fraction of sp³-hybridized carbons (Fsp3) is 0.292. The topological polar surface area (TPSA) is 107 Å². The first-order chi connectivity index (χ1) is 16.3. The Balaban J connectivity index is 1.51. The molecule has 4 heterocycles. The summed E-state index contributed by atoms with van der Waals surface area (Å²) in [5, 5.41) is 8.09. The molecule has 0 spiro atoms. The fourth-order valence-electron chi connectivity index (χ4n) is 4.33. The highest BCUT2D eigenvalue weighted by Gasteiger charge is 2.32. The summed E-state index contributed by atoms with van der Waals surface area (Å²) in [6, 6.07) is 11.0. The van der Waals surface area contributed by atoms with Gasteiger partial charge >= 0.3 is 0 Å². The Bertz CT molecular complexity index is 1460. The lowest BCUT2D eigenvalue weighted by Gasteiger charge is -2.12. The summed E-state index contributed by atoms with van der Waals surface area (Å²) in [6.45, 7) is 2.14. The van der Waals surface area contributed by atoms with Crippen LogP contribution in [0.1, 0.15) is 34.1 Å². The Labute approximate surface area is 195 Å². The number of sulfone groups is 1. The van der Waals surface area contributed by atoms with Gasteiger partial charge in [0.05, 0.1) is 40.5 Å². The number of hydrogen-bond donors (Lipinski definition) is 1. The number of carbonyl (C=O) groups excluding carboxylic acids is 1. The number of nitrogens with one attached hydrogen (secondary N) is 1. The van der Waals surface area contributed by atoms with Crippen LogP contribution >= 0.6 is 0 Å². The van der Waals surface area contributed by atoms with Crippen LogP contribution in [0.15, 0.2) is 53.1 Å². The maximum absolute atomic E-state index is 13.2. The van der Waals surface area contributed by atoms with Crippen LogP contribution in [0.2, 0.25) is 0 Å². The average molecular weight is 483 g/mol. The molecule has 0 aliphatic carbocycles. The Morgan fingerprint density at radius 3 is 2.74 bits per heavy atom. The fourth-order valence-corrected chi connectivity index (χ4v) is 6.02. The highest BCUT2D eigenvalue weighted by atomic mass is 32.2. The van der Waals surface area contributed by atoms with Crippen molar-refractivity contribution in [1.82, 2.24) is 20.1 Å². The minimum absolute atomic E-state index is 0.00488. The summed E-state index contributed by atoms with van der Waals surface area (Å²) in [5.41, 5.74) is 2.81. The predicted octanol–water partition coefficient (Wildman–Crippen LogP) is 3.47. The molecule has 10 heteroatoms. The van der Waals surface area contributed by atoms with Crippen molar-refractivity contribution in [1.29, 1.82) is 0 Å². The molecule has 34 heavy (non-hydrogen) atoms. The summed E-state index contributed by atoms with van der Waals surface area (Å²) in [4.78, 5) is 18.0. The number of halogens is 1. The van der Waals surface area contributed by atoms with E-state index in [0.717, 1.165) is 5.56 Å². The Kier molecular flexibility index (Phi) is 5.68. The summed E-state index contributed by atoms with van der Waals surface area (Å²) < 4.78 is 44.4. The summed E-state index contributed by atoms with van der Waals surface area (Å²) >= 11 is 0. The third kappa shape index (κ3) is 4.33. The van der Waals surface area contributed by atoms with Crippen LogP contribution in [0.4, 0.5) is 4.39 Å². The molecule has 0 saturated carbocycles. The van der Waals surface area contributed by atoms with Gasteiger partial charge in [-0.15, -0.1) is 0 Å². The number of pyridine rings is 1. The third-order valence-electron chi connectivity index (χ3n) is 6.02. The van der Waals surface area contributed by atoms with Gasteiger partial charge in [-0.25, -0.2) is 22.5 Å². The molecule has 8 nitrogen and oxygen atoms in total. The van der Waals surface area contributed by atoms with Crippen molar-refractivity contribution in [2.24, 2.45) is 0 Å². The van der Waals surface area contributed by atoms with Crippen LogP contribution in [0.3, 0.4) is 0 Å². The van der Waals surface area contributed by atoms with Gasteiger partial charge in [0.1, 0.15) is 11.5 Å². The molecule has 1 N–H and O–H groups in total. The lowest BCUT2D eigenvalue weighted by Crippen LogP contribution is -2.26. The van der Waals surface area contributed by atoms with Crippen molar-refractivity contribution in [3.8, 4) is 11.5 Å². The smallest absolute Gasteiger partial charge is 0.252 e. The van der Waals surface area contributed by atoms with Crippen LogP contribution in [-0.2, 0) is 16.3 Å². The first-order valence-corrected chi connectivity index (χ1v) is 12.8. The number of amides is 1. The molecule has 1 aliphatic rings. The minimum atomic E-state index is -3.13. The molecule has 1 aromatic carbocycles. The molecule has 1 amide bonds. The van der Waals surface area contributed by atoms with Crippen molar-refractivity contribution in [2.75, 3.05) is 18.1 Å². The summed E-state index contributed by atoms with van der Waals surface area (Å²) in [7, 11) is -3.13. The standard InChI is InChI=1S/C24H23FN4O4S/c1-15-22-19(24(30)26-10-8-16-4-6-17(25)7-5-16)13-20(21-3-2-11-33-21)27-23(22)29(28-15)18-9-12-34(31,32)14-18/h2-7,11,13,18H,8-10,12,14H2,1H3,(H,26,30)/t18-/m1/s1. The van der Waals surface area contributed by atoms with E-state index in [-0.39, 0.29) is 29.3 Å². The van der Waals surface area contributed by atoms with E-state index in [1.165, 1.54) is 18.4 Å². The number of aromatic nitrogens is 3. The van der Waals surface area contributed by atoms with E-state index < -0.39 is 9.84 Å². The van der Waals surface area contributed by atoms with E-state index in [9.17, 15) is 17.6 Å². The molecule has 0 bridgehead atoms. The van der Waals surface area contributed by atoms with Gasteiger partial charge in [-0.1, -0.05) is 12.1 Å². The molecule has 1 saturated heterocycles. The highest BCUT2D eigenvalue weighted by Crippen LogP contribution is 2.32. The van der Waals surface area contributed by atoms with E-state index in [4.69, 9.17) is 9.40 Å². The van der Waals surface area contributed by atoms with Gasteiger partial charge in [0.25, 0.3) is 5.91 Å². The first kappa shape index (κ1) is 22.3. The molecular formula is C24H23FN4O4S. The number of rotatable bonds is 6. The van der Waals surface area contributed by atoms with Crippen molar-refractivity contribution in [2.45, 2.75) is 25.8 Å². The van der Waals surface area contributed by atoms with Crippen LogP contribution in [0.5, 0.6) is 0 Å². The van der Waals surface area contributed by atoms with Crippen LogP contribution in [0.25, 0.3) is 22.5 Å². The first-order valence-electron chi connectivity index (χ1n) is 11.0. The number of carbonyl (C=O) groups is 1. The predicted molar refractivity (Wildman–Crippen MR) is 125 cm³/mol. The lowest BCUT2D eigenvalue weighted by molar-refractivity contribution is 0.0955. The second kappa shape index (κ2) is 8.68. The number of fused-ring (bicyclic) bond motifs is 1. The number of nitrogens with zero attached hydrogens (tertiary/aromatic N) is 3. The zero-order valence-corrected chi connectivity index (χ0v) is 19.3. The maximum Gasteiger partial charge on any atom is 0.252 e. The SMILES string of the molecule is Cc1nn([C@@H]2CCS(=O)(=O)C2)c2nc(-c3ccco3)cc(C(=O)NCCc3ccc(F)cc3)c12. The number of aryl methyl sites for hydroxylation is 1. The van der Waals surface area contributed by atoms with Gasteiger partial charge in [-0.3, -0.25) is 4.79 Å². The van der Waals surface area contributed by atoms with Gasteiger partial charge < -0.3 is 9.73 Å². The van der Waals surface area contributed by atoms with E-state index in [0.29, 0.717) is 53.1 Å². The van der Waals surface area contributed by atoms with Gasteiger partial charge in [0, 0.05) is 6.54 Å². The number of furan rings is 1. The summed E-state index contributed by atoms with van der Waals surface area (Å²) in [5.74, 6) is -0.0161. The highest BCUT2D eigenvalue weighted by molar-refractivity contribution is 7.91. The average Bonchev–Trinajstić information content (AvgIpc) is 3.54. The van der Waals surface area contributed by atoms with Crippen molar-refractivity contribution in [3.63, 3.8) is 0 Å². The molecule has 176 valence electrons. The molecule has 1 aliphatic heterocycles. The van der Waals surface area contributed by atoms with E-state index >= 15 is 0 Å². The van der Waals surface area contributed by atoms with Gasteiger partial charge in [-0.2, -0.15) is 5.10 Å². The third-order valence-corrected chi connectivity index (χ3v) is 7.77. The Morgan fingerprint density at radius 2 is 2.06 bits per heavy atom. The molecule has 5 rings (SSSR count). The van der Waals surface area contributed by atoms with Gasteiger partial charge in [0.15, 0.2) is 21.2 Å². The molecule has 1 fully saturated rings. The molecular weight excluding hydrogens is 459 g/mol. The molecule has 0 unspecified atom stereocenters. The lowest BCUT2D eigenvalue weighted by atomic mass is 10.1. The van der Waals surface area contributed by atoms with Crippen LogP contribution in [-0.4, -0.2) is 47.1 Å². The van der Waals surface area contributed by atoms with Crippen molar-refractivity contribution >= 4 is 26.8 Å². The van der Waals surface area contributed by atoms with Crippen LogP contribution < -0.4 is 5.32 Å². The van der Waals surface area contributed by atoms with E-state index in [1.807, 2.05) is 0 Å². The van der Waals surface area contributed by atoms with Crippen molar-refractivity contribution < 1.29 is 22.0 Å². The second-order valence-electron chi connectivity index (χ2n) is 8.45. The number of hydrogen-bond acceptors (Lipinski definition) is 6. The van der Waals surface area contributed by atoms with Gasteiger partial charge in [-0.05, 0) is 55.7 Å². The largest absolute Gasteiger partial charge is 0.463 e. The summed E-state index contributed by atoms with van der Waals surface area (Å²) in [6.07, 6.45) is 2.52. The zero-order chi connectivity index (χ0) is 23.9. The second-order valence-corrected chi connectivity index (χ2v) is 10.7. The van der Waals surface area contributed by atoms with Crippen molar-refractivity contribution in [3.05, 3.63) is 71.4 Å². The zero-order valence-electron chi connectivity index (χ0n) is 18.5. The maximum atomic E-state index is 13.2. The van der Waals surface area contributed by atoms with E-state index in [1.54, 1.807) is 41.9 Å². The number of benzene rings is 1.